The largest absolute Gasteiger partial charge is 0.401 e. The molecule has 0 saturated carbocycles. The van der Waals surface area contributed by atoms with Gasteiger partial charge in [0.1, 0.15) is 5.82 Å². The third-order valence-corrected chi connectivity index (χ3v) is 2.81. The van der Waals surface area contributed by atoms with Crippen LogP contribution in [0.1, 0.15) is 5.56 Å². The van der Waals surface area contributed by atoms with Crippen LogP contribution in [-0.2, 0) is 6.54 Å². The summed E-state index contributed by atoms with van der Waals surface area (Å²) in [5, 5.41) is 5.87. The first-order valence-corrected chi connectivity index (χ1v) is 6.74. The number of nitrogens with one attached hydrogen (secondary N) is 2. The van der Waals surface area contributed by atoms with E-state index in [1.165, 1.54) is 24.1 Å². The number of benzene rings is 1. The number of aliphatic imine (C=N–C) groups is 1. The lowest BCUT2D eigenvalue weighted by molar-refractivity contribution is -0.142. The first-order valence-electron chi connectivity index (χ1n) is 6.74. The Morgan fingerprint density at radius 2 is 1.96 bits per heavy atom. The second-order valence-electron chi connectivity index (χ2n) is 4.84. The molecule has 0 aliphatic heterocycles. The van der Waals surface area contributed by atoms with E-state index in [0.29, 0.717) is 19.0 Å². The van der Waals surface area contributed by atoms with Crippen molar-refractivity contribution in [2.24, 2.45) is 4.99 Å². The van der Waals surface area contributed by atoms with Gasteiger partial charge in [0, 0.05) is 26.7 Å². The van der Waals surface area contributed by atoms with E-state index in [0.717, 1.165) is 5.56 Å². The third kappa shape index (κ3) is 10.3. The standard InChI is InChI=1S/C14H20F4N4.HI/c1-19-13(20-6-7-22(2)10-14(16,17)18)21-9-11-4-3-5-12(15)8-11;/h3-5,8H,6-7,9-10H2,1-2H3,(H2,19,20,21);1H. The topological polar surface area (TPSA) is 39.7 Å². The van der Waals surface area contributed by atoms with Crippen LogP contribution in [0.3, 0.4) is 0 Å². The lowest BCUT2D eigenvalue weighted by atomic mass is 10.2. The van der Waals surface area contributed by atoms with Gasteiger partial charge in [0.15, 0.2) is 5.96 Å². The smallest absolute Gasteiger partial charge is 0.355 e. The number of hydrogen-bond donors (Lipinski definition) is 2. The SMILES string of the molecule is CN=C(NCCN(C)CC(F)(F)F)NCc1cccc(F)c1.I. The molecule has 1 aromatic rings. The molecule has 0 atom stereocenters. The quantitative estimate of drug-likeness (QED) is 0.304. The zero-order valence-electron chi connectivity index (χ0n) is 13.0. The van der Waals surface area contributed by atoms with Crippen molar-refractivity contribution < 1.29 is 17.6 Å². The second-order valence-corrected chi connectivity index (χ2v) is 4.84. The number of alkyl halides is 3. The summed E-state index contributed by atoms with van der Waals surface area (Å²) in [5.74, 6) is 0.126. The van der Waals surface area contributed by atoms with Crippen molar-refractivity contribution >= 4 is 29.9 Å². The summed E-state index contributed by atoms with van der Waals surface area (Å²) in [6.45, 7) is -0.0462. The molecule has 0 bridgehead atoms. The van der Waals surface area contributed by atoms with Crippen molar-refractivity contribution in [3.63, 3.8) is 0 Å². The summed E-state index contributed by atoms with van der Waals surface area (Å²) in [5.41, 5.74) is 0.747. The number of halogens is 5. The fraction of sp³-hybridized carbons (Fsp3) is 0.500. The lowest BCUT2D eigenvalue weighted by Gasteiger charge is -2.19. The molecule has 0 unspecified atom stereocenters. The Hall–Kier alpha value is -1.10. The average molecular weight is 448 g/mol. The molecular weight excluding hydrogens is 427 g/mol. The van der Waals surface area contributed by atoms with Gasteiger partial charge in [0.05, 0.1) is 6.54 Å². The van der Waals surface area contributed by atoms with Crippen molar-refractivity contribution in [1.82, 2.24) is 15.5 Å². The predicted octanol–water partition coefficient (Wildman–Crippen LogP) is 2.60. The Balaban J connectivity index is 0.00000484. The monoisotopic (exact) mass is 448 g/mol. The van der Waals surface area contributed by atoms with Gasteiger partial charge in [0.2, 0.25) is 0 Å². The van der Waals surface area contributed by atoms with Gasteiger partial charge in [-0.25, -0.2) is 4.39 Å². The van der Waals surface area contributed by atoms with Crippen LogP contribution in [0.2, 0.25) is 0 Å². The zero-order valence-corrected chi connectivity index (χ0v) is 15.3. The molecule has 132 valence electrons. The van der Waals surface area contributed by atoms with E-state index in [-0.39, 0.29) is 36.3 Å². The molecule has 1 rings (SSSR count). The molecule has 9 heteroatoms. The lowest BCUT2D eigenvalue weighted by Crippen LogP contribution is -2.42. The maximum absolute atomic E-state index is 13.0. The molecule has 0 saturated heterocycles. The van der Waals surface area contributed by atoms with Crippen molar-refractivity contribution in [3.05, 3.63) is 35.6 Å². The summed E-state index contributed by atoms with van der Waals surface area (Å²) in [6.07, 6.45) is -4.20. The van der Waals surface area contributed by atoms with Gasteiger partial charge in [-0.3, -0.25) is 9.89 Å². The first-order chi connectivity index (χ1) is 10.3. The van der Waals surface area contributed by atoms with Gasteiger partial charge in [-0.15, -0.1) is 24.0 Å². The maximum atomic E-state index is 13.0. The third-order valence-electron chi connectivity index (χ3n) is 2.81. The van der Waals surface area contributed by atoms with Crippen LogP contribution in [0.15, 0.2) is 29.3 Å². The van der Waals surface area contributed by atoms with Gasteiger partial charge in [-0.1, -0.05) is 12.1 Å². The Labute approximate surface area is 150 Å². The van der Waals surface area contributed by atoms with Gasteiger partial charge in [-0.05, 0) is 24.7 Å². The minimum atomic E-state index is -4.20. The van der Waals surface area contributed by atoms with Crippen molar-refractivity contribution in [2.45, 2.75) is 12.7 Å². The van der Waals surface area contributed by atoms with Gasteiger partial charge in [0.25, 0.3) is 0 Å². The van der Waals surface area contributed by atoms with Gasteiger partial charge >= 0.3 is 6.18 Å². The van der Waals surface area contributed by atoms with Crippen LogP contribution in [0.5, 0.6) is 0 Å². The average Bonchev–Trinajstić information content (AvgIpc) is 2.40. The van der Waals surface area contributed by atoms with Crippen LogP contribution in [-0.4, -0.2) is 50.8 Å². The number of nitrogens with zero attached hydrogens (tertiary/aromatic N) is 2. The molecule has 0 aliphatic rings. The molecule has 0 aromatic heterocycles. The molecule has 0 aliphatic carbocycles. The maximum Gasteiger partial charge on any atom is 0.401 e. The molecule has 1 aromatic carbocycles. The summed E-state index contributed by atoms with van der Waals surface area (Å²) in [6, 6.07) is 6.12. The normalized spacial score (nSPS) is 12.0. The first kappa shape index (κ1) is 21.9. The molecule has 0 spiro atoms. The highest BCUT2D eigenvalue weighted by atomic mass is 127. The highest BCUT2D eigenvalue weighted by Crippen LogP contribution is 2.14. The number of likely N-dealkylation sites (N-methyl/N-ethyl adjacent to an activating group) is 1. The molecule has 0 heterocycles. The summed E-state index contributed by atoms with van der Waals surface area (Å²) < 4.78 is 49.5. The van der Waals surface area contributed by atoms with E-state index >= 15 is 0 Å². The molecule has 0 radical (unpaired) electrons. The van der Waals surface area contributed by atoms with Crippen molar-refractivity contribution in [1.29, 1.82) is 0 Å². The minimum Gasteiger partial charge on any atom is -0.355 e. The molecule has 2 N–H and O–H groups in total. The van der Waals surface area contributed by atoms with E-state index in [1.54, 1.807) is 19.2 Å². The Kier molecular flexibility index (Phi) is 10.1. The highest BCUT2D eigenvalue weighted by molar-refractivity contribution is 14.0. The highest BCUT2D eigenvalue weighted by Gasteiger charge is 2.28. The summed E-state index contributed by atoms with van der Waals surface area (Å²) in [4.78, 5) is 5.13. The summed E-state index contributed by atoms with van der Waals surface area (Å²) in [7, 11) is 2.96. The minimum absolute atomic E-state index is 0. The van der Waals surface area contributed by atoms with E-state index in [2.05, 4.69) is 15.6 Å². The van der Waals surface area contributed by atoms with E-state index in [9.17, 15) is 17.6 Å². The fourth-order valence-electron chi connectivity index (χ4n) is 1.80. The summed E-state index contributed by atoms with van der Waals surface area (Å²) >= 11 is 0. The molecule has 0 amide bonds. The van der Waals surface area contributed by atoms with Crippen LogP contribution in [0, 0.1) is 5.82 Å². The van der Waals surface area contributed by atoms with Crippen LogP contribution >= 0.6 is 24.0 Å². The molecule has 0 fully saturated rings. The van der Waals surface area contributed by atoms with Gasteiger partial charge < -0.3 is 10.6 Å². The number of rotatable bonds is 6. The van der Waals surface area contributed by atoms with Crippen molar-refractivity contribution in [3.8, 4) is 0 Å². The predicted molar refractivity (Wildman–Crippen MR) is 93.6 cm³/mol. The van der Waals surface area contributed by atoms with E-state index in [1.807, 2.05) is 0 Å². The number of guanidine groups is 1. The van der Waals surface area contributed by atoms with E-state index < -0.39 is 12.7 Å². The van der Waals surface area contributed by atoms with Crippen molar-refractivity contribution in [2.75, 3.05) is 33.7 Å². The number of hydrogen-bond acceptors (Lipinski definition) is 2. The Morgan fingerprint density at radius 1 is 1.26 bits per heavy atom. The Bertz CT molecular complexity index is 494. The Morgan fingerprint density at radius 3 is 2.52 bits per heavy atom. The molecule has 4 nitrogen and oxygen atoms in total. The van der Waals surface area contributed by atoms with E-state index in [4.69, 9.17) is 0 Å². The fourth-order valence-corrected chi connectivity index (χ4v) is 1.80. The molecule has 23 heavy (non-hydrogen) atoms. The molecular formula is C14H21F4IN4. The van der Waals surface area contributed by atoms with Crippen LogP contribution in [0.4, 0.5) is 17.6 Å². The van der Waals surface area contributed by atoms with Crippen LogP contribution in [0.25, 0.3) is 0 Å². The van der Waals surface area contributed by atoms with Crippen LogP contribution < -0.4 is 10.6 Å². The second kappa shape index (κ2) is 10.6. The van der Waals surface area contributed by atoms with Gasteiger partial charge in [-0.2, -0.15) is 13.2 Å². The zero-order chi connectivity index (χ0) is 16.6.